The first-order valence-electron chi connectivity index (χ1n) is 7.89. The molecule has 0 unspecified atom stereocenters. The molecule has 1 aromatic carbocycles. The summed E-state index contributed by atoms with van der Waals surface area (Å²) in [5.41, 5.74) is -1.02. The number of nitriles is 1. The van der Waals surface area contributed by atoms with Gasteiger partial charge in [0.25, 0.3) is 0 Å². The molecule has 28 heavy (non-hydrogen) atoms. The molecule has 0 saturated carbocycles. The fraction of sp³-hybridized carbons (Fsp3) is 0.0500. The number of carbonyl (C=O) groups is 1. The number of thioether (sulfide) groups is 1. The maximum Gasteiger partial charge on any atom is 0.417 e. The number of pyridine rings is 1. The first-order valence-corrected chi connectivity index (χ1v) is 9.65. The average Bonchev–Trinajstić information content (AvgIpc) is 3.22. The summed E-state index contributed by atoms with van der Waals surface area (Å²) in [6.45, 7) is 0. The van der Waals surface area contributed by atoms with Crippen LogP contribution in [0.5, 0.6) is 0 Å². The number of carbonyl (C=O) groups excluding carboxylic acids is 1. The largest absolute Gasteiger partial charge is 0.417 e. The number of aromatic nitrogens is 1. The van der Waals surface area contributed by atoms with Crippen molar-refractivity contribution in [1.29, 1.82) is 5.26 Å². The molecule has 0 aliphatic heterocycles. The van der Waals surface area contributed by atoms with Gasteiger partial charge in [-0.3, -0.25) is 4.79 Å². The van der Waals surface area contributed by atoms with Gasteiger partial charge < -0.3 is 0 Å². The van der Waals surface area contributed by atoms with Crippen LogP contribution in [0.3, 0.4) is 0 Å². The van der Waals surface area contributed by atoms with Crippen molar-refractivity contribution in [1.82, 2.24) is 4.98 Å². The Morgan fingerprint density at radius 1 is 1.18 bits per heavy atom. The van der Waals surface area contributed by atoms with E-state index < -0.39 is 17.3 Å². The molecule has 0 bridgehead atoms. The normalized spacial score (nSPS) is 11.5. The highest BCUT2D eigenvalue weighted by Gasteiger charge is 2.36. The molecule has 0 saturated heterocycles. The topological polar surface area (TPSA) is 53.8 Å². The maximum absolute atomic E-state index is 13.5. The van der Waals surface area contributed by atoms with E-state index in [1.807, 2.05) is 0 Å². The fourth-order valence-electron chi connectivity index (χ4n) is 2.35. The number of ketones is 1. The standard InChI is InChI=1S/C20H11F3N2OS2/c21-20(22,23)15-11-16(18-7-4-9-27-18)25-19(14(15)12-24)28-10-8-17(26)13-5-2-1-3-6-13/h1-11H. The smallest absolute Gasteiger partial charge is 0.289 e. The Bertz CT molecular complexity index is 1050. The molecular weight excluding hydrogens is 405 g/mol. The van der Waals surface area contributed by atoms with Crippen LogP contribution in [0.25, 0.3) is 10.6 Å². The van der Waals surface area contributed by atoms with E-state index in [2.05, 4.69) is 4.98 Å². The molecule has 0 aliphatic rings. The zero-order valence-electron chi connectivity index (χ0n) is 14.1. The van der Waals surface area contributed by atoms with E-state index >= 15 is 0 Å². The second kappa shape index (κ2) is 8.42. The van der Waals surface area contributed by atoms with Gasteiger partial charge in [0.05, 0.1) is 21.7 Å². The number of rotatable bonds is 5. The number of nitrogens with zero attached hydrogens (tertiary/aromatic N) is 2. The van der Waals surface area contributed by atoms with Crippen LogP contribution in [0.1, 0.15) is 21.5 Å². The molecule has 140 valence electrons. The third kappa shape index (κ3) is 4.50. The number of alkyl halides is 3. The monoisotopic (exact) mass is 416 g/mol. The molecule has 0 spiro atoms. The van der Waals surface area contributed by atoms with Crippen LogP contribution in [0.4, 0.5) is 13.2 Å². The maximum atomic E-state index is 13.5. The molecule has 3 aromatic rings. The fourth-order valence-corrected chi connectivity index (χ4v) is 3.78. The SMILES string of the molecule is N#Cc1c(C(F)(F)F)cc(-c2cccs2)nc1SC=CC(=O)c1ccccc1. The number of hydrogen-bond donors (Lipinski definition) is 0. The third-order valence-electron chi connectivity index (χ3n) is 3.63. The van der Waals surface area contributed by atoms with Gasteiger partial charge in [0.1, 0.15) is 11.1 Å². The summed E-state index contributed by atoms with van der Waals surface area (Å²) < 4.78 is 40.4. The van der Waals surface area contributed by atoms with Crippen LogP contribution in [-0.4, -0.2) is 10.8 Å². The van der Waals surface area contributed by atoms with Gasteiger partial charge in [0, 0.05) is 5.56 Å². The van der Waals surface area contributed by atoms with E-state index in [0.29, 0.717) is 10.4 Å². The number of hydrogen-bond acceptors (Lipinski definition) is 5. The van der Waals surface area contributed by atoms with Crippen molar-refractivity contribution in [3.8, 4) is 16.6 Å². The second-order valence-corrected chi connectivity index (χ2v) is 7.32. The Labute approximate surface area is 167 Å². The summed E-state index contributed by atoms with van der Waals surface area (Å²) in [7, 11) is 0. The van der Waals surface area contributed by atoms with E-state index in [9.17, 15) is 23.2 Å². The van der Waals surface area contributed by atoms with E-state index in [1.54, 1.807) is 53.9 Å². The van der Waals surface area contributed by atoms with Crippen molar-refractivity contribution in [2.24, 2.45) is 0 Å². The van der Waals surface area contributed by atoms with Crippen LogP contribution in [0, 0.1) is 11.3 Å². The molecular formula is C20H11F3N2OS2. The molecule has 0 radical (unpaired) electrons. The Balaban J connectivity index is 1.97. The van der Waals surface area contributed by atoms with Crippen molar-refractivity contribution in [2.75, 3.05) is 0 Å². The first-order chi connectivity index (χ1) is 13.4. The van der Waals surface area contributed by atoms with E-state index in [0.717, 1.165) is 17.8 Å². The highest BCUT2D eigenvalue weighted by Crippen LogP contribution is 2.38. The molecule has 0 amide bonds. The molecule has 0 aliphatic carbocycles. The molecule has 2 heterocycles. The predicted octanol–water partition coefficient (Wildman–Crippen LogP) is 6.19. The second-order valence-electron chi connectivity index (χ2n) is 5.47. The third-order valence-corrected chi connectivity index (χ3v) is 5.32. The molecule has 8 heteroatoms. The van der Waals surface area contributed by atoms with E-state index in [1.165, 1.54) is 22.8 Å². The molecule has 3 rings (SSSR count). The molecule has 0 fully saturated rings. The van der Waals surface area contributed by atoms with Gasteiger partial charge >= 0.3 is 6.18 Å². The summed E-state index contributed by atoms with van der Waals surface area (Å²) >= 11 is 2.06. The highest BCUT2D eigenvalue weighted by molar-refractivity contribution is 8.02. The van der Waals surface area contributed by atoms with Crippen molar-refractivity contribution in [3.63, 3.8) is 0 Å². The van der Waals surface area contributed by atoms with Gasteiger partial charge in [0.2, 0.25) is 0 Å². The van der Waals surface area contributed by atoms with Gasteiger partial charge in [-0.25, -0.2) is 4.98 Å². The molecule has 0 N–H and O–H groups in total. The molecule has 0 atom stereocenters. The van der Waals surface area contributed by atoms with Gasteiger partial charge in [0.15, 0.2) is 5.78 Å². The lowest BCUT2D eigenvalue weighted by Crippen LogP contribution is -2.10. The predicted molar refractivity (Wildman–Crippen MR) is 103 cm³/mol. The van der Waals surface area contributed by atoms with Crippen molar-refractivity contribution in [2.45, 2.75) is 11.2 Å². The van der Waals surface area contributed by atoms with Gasteiger partial charge in [-0.1, -0.05) is 48.2 Å². The van der Waals surface area contributed by atoms with Gasteiger partial charge in [-0.15, -0.1) is 11.3 Å². The minimum absolute atomic E-state index is 0.0992. The highest BCUT2D eigenvalue weighted by atomic mass is 32.2. The van der Waals surface area contributed by atoms with E-state index in [4.69, 9.17) is 0 Å². The quantitative estimate of drug-likeness (QED) is 0.283. The zero-order chi connectivity index (χ0) is 20.1. The first kappa shape index (κ1) is 19.9. The summed E-state index contributed by atoms with van der Waals surface area (Å²) in [5, 5.41) is 12.3. The Hall–Kier alpha value is -2.89. The minimum atomic E-state index is -4.70. The van der Waals surface area contributed by atoms with Crippen LogP contribution in [0.15, 0.2) is 70.4 Å². The lowest BCUT2D eigenvalue weighted by Gasteiger charge is -2.12. The minimum Gasteiger partial charge on any atom is -0.289 e. The van der Waals surface area contributed by atoms with Crippen molar-refractivity contribution < 1.29 is 18.0 Å². The van der Waals surface area contributed by atoms with Gasteiger partial charge in [-0.05, 0) is 29.0 Å². The van der Waals surface area contributed by atoms with Crippen LogP contribution in [0.2, 0.25) is 0 Å². The summed E-state index contributed by atoms with van der Waals surface area (Å²) in [5.74, 6) is -0.294. The Morgan fingerprint density at radius 2 is 1.93 bits per heavy atom. The lowest BCUT2D eigenvalue weighted by molar-refractivity contribution is -0.138. The van der Waals surface area contributed by atoms with Crippen LogP contribution >= 0.6 is 23.1 Å². The number of benzene rings is 1. The lowest BCUT2D eigenvalue weighted by atomic mass is 10.1. The van der Waals surface area contributed by atoms with Gasteiger partial charge in [-0.2, -0.15) is 18.4 Å². The van der Waals surface area contributed by atoms with E-state index in [-0.39, 0.29) is 16.5 Å². The summed E-state index contributed by atoms with van der Waals surface area (Å²) in [6.07, 6.45) is -3.45. The van der Waals surface area contributed by atoms with Crippen LogP contribution in [-0.2, 0) is 6.18 Å². The summed E-state index contributed by atoms with van der Waals surface area (Å²) in [4.78, 5) is 16.9. The Kier molecular flexibility index (Phi) is 5.97. The zero-order valence-corrected chi connectivity index (χ0v) is 15.7. The number of halogens is 3. The number of thiophene rings is 1. The molecule has 3 nitrogen and oxygen atoms in total. The Morgan fingerprint density at radius 3 is 2.54 bits per heavy atom. The number of allylic oxidation sites excluding steroid dienone is 1. The van der Waals surface area contributed by atoms with Crippen molar-refractivity contribution >= 4 is 28.9 Å². The summed E-state index contributed by atoms with van der Waals surface area (Å²) in [6, 6.07) is 14.3. The van der Waals surface area contributed by atoms with Crippen molar-refractivity contribution in [3.05, 3.63) is 82.1 Å². The molecule has 2 aromatic heterocycles. The van der Waals surface area contributed by atoms with Crippen LogP contribution < -0.4 is 0 Å². The average molecular weight is 416 g/mol.